The third-order valence-electron chi connectivity index (χ3n) is 4.88. The fraction of sp³-hybridized carbons (Fsp3) is 0.227. The van der Waals surface area contributed by atoms with E-state index in [0.717, 1.165) is 26.1 Å². The normalized spacial score (nSPS) is 14.1. The summed E-state index contributed by atoms with van der Waals surface area (Å²) in [6.45, 7) is 1.38. The van der Waals surface area contributed by atoms with Crippen LogP contribution in [0.3, 0.4) is 0 Å². The molecule has 2 aromatic heterocycles. The number of benzene rings is 1. The molecule has 3 heterocycles. The number of halogens is 2. The number of hydrogen-bond acceptors (Lipinski definition) is 5. The van der Waals surface area contributed by atoms with E-state index in [1.807, 2.05) is 42.3 Å². The number of carbonyl (C=O) groups is 2. The van der Waals surface area contributed by atoms with Crippen LogP contribution < -0.4 is 5.32 Å². The maximum atomic E-state index is 12.6. The number of carbonyl (C=O) groups excluding carboxylic acids is 2. The molecule has 31 heavy (non-hydrogen) atoms. The van der Waals surface area contributed by atoms with Crippen LogP contribution in [0.1, 0.15) is 16.0 Å². The van der Waals surface area contributed by atoms with Gasteiger partial charge in [0.25, 0.3) is 0 Å². The molecule has 3 aromatic rings. The molecule has 0 aliphatic carbocycles. The highest BCUT2D eigenvalue weighted by Gasteiger charge is 2.18. The van der Waals surface area contributed by atoms with Crippen molar-refractivity contribution in [1.82, 2.24) is 14.8 Å². The first-order valence-corrected chi connectivity index (χ1v) is 10.7. The zero-order valence-electron chi connectivity index (χ0n) is 17.1. The van der Waals surface area contributed by atoms with Gasteiger partial charge in [-0.2, -0.15) is 0 Å². The van der Waals surface area contributed by atoms with Gasteiger partial charge in [-0.15, -0.1) is 23.7 Å². The van der Waals surface area contributed by atoms with Crippen molar-refractivity contribution in [3.05, 3.63) is 63.6 Å². The van der Waals surface area contributed by atoms with Gasteiger partial charge in [-0.3, -0.25) is 14.5 Å². The van der Waals surface area contributed by atoms with Crippen LogP contribution in [0.15, 0.2) is 42.6 Å². The first kappa shape index (κ1) is 23.2. The van der Waals surface area contributed by atoms with Gasteiger partial charge in [0.1, 0.15) is 5.82 Å². The number of nitrogens with one attached hydrogen (secondary N) is 1. The minimum atomic E-state index is -0.121. The monoisotopic (exact) mass is 476 g/mol. The average molecular weight is 477 g/mol. The van der Waals surface area contributed by atoms with E-state index in [2.05, 4.69) is 10.3 Å². The van der Waals surface area contributed by atoms with Crippen LogP contribution in [-0.4, -0.2) is 47.2 Å². The highest BCUT2D eigenvalue weighted by molar-refractivity contribution is 7.19. The van der Waals surface area contributed by atoms with E-state index in [4.69, 9.17) is 11.6 Å². The first-order valence-electron chi connectivity index (χ1n) is 9.47. The molecule has 162 valence electrons. The van der Waals surface area contributed by atoms with Crippen molar-refractivity contribution in [2.45, 2.75) is 13.1 Å². The topological polar surface area (TPSA) is 65.5 Å². The minimum Gasteiger partial charge on any atom is -0.337 e. The van der Waals surface area contributed by atoms with E-state index < -0.39 is 0 Å². The fourth-order valence-electron chi connectivity index (χ4n) is 3.37. The summed E-state index contributed by atoms with van der Waals surface area (Å²) in [4.78, 5) is 33.3. The van der Waals surface area contributed by atoms with Crippen molar-refractivity contribution < 1.29 is 9.59 Å². The Morgan fingerprint density at radius 2 is 2.13 bits per heavy atom. The van der Waals surface area contributed by atoms with Gasteiger partial charge in [0, 0.05) is 46.4 Å². The van der Waals surface area contributed by atoms with Crippen molar-refractivity contribution in [3.8, 4) is 0 Å². The molecule has 9 heteroatoms. The molecular weight excluding hydrogens is 455 g/mol. The number of thiophene rings is 1. The summed E-state index contributed by atoms with van der Waals surface area (Å²) >= 11 is 8.10. The number of anilines is 1. The van der Waals surface area contributed by atoms with Crippen LogP contribution in [0, 0.1) is 0 Å². The summed E-state index contributed by atoms with van der Waals surface area (Å²) < 4.78 is 1.11. The maximum Gasteiger partial charge on any atom is 0.246 e. The molecule has 1 aliphatic rings. The van der Waals surface area contributed by atoms with E-state index in [1.165, 1.54) is 6.08 Å². The predicted octanol–water partition coefficient (Wildman–Crippen LogP) is 4.43. The van der Waals surface area contributed by atoms with Crippen molar-refractivity contribution >= 4 is 69.1 Å². The Morgan fingerprint density at radius 1 is 1.35 bits per heavy atom. The molecule has 0 fully saturated rings. The summed E-state index contributed by atoms with van der Waals surface area (Å²) in [5, 5.41) is 4.53. The van der Waals surface area contributed by atoms with Gasteiger partial charge in [-0.1, -0.05) is 29.8 Å². The van der Waals surface area contributed by atoms with Crippen LogP contribution in [0.5, 0.6) is 0 Å². The van der Waals surface area contributed by atoms with Crippen LogP contribution in [0.25, 0.3) is 16.2 Å². The molecule has 1 aliphatic heterocycles. The molecule has 0 saturated carbocycles. The van der Waals surface area contributed by atoms with Crippen molar-refractivity contribution in [3.63, 3.8) is 0 Å². The Bertz CT molecular complexity index is 1160. The lowest BCUT2D eigenvalue weighted by Gasteiger charge is -2.14. The van der Waals surface area contributed by atoms with Gasteiger partial charge in [0.15, 0.2) is 0 Å². The van der Waals surface area contributed by atoms with Crippen LogP contribution in [-0.2, 0) is 22.7 Å². The second-order valence-corrected chi connectivity index (χ2v) is 8.87. The second kappa shape index (κ2) is 9.78. The van der Waals surface area contributed by atoms with Gasteiger partial charge in [0.2, 0.25) is 11.8 Å². The van der Waals surface area contributed by atoms with E-state index in [9.17, 15) is 9.59 Å². The maximum absolute atomic E-state index is 12.6. The smallest absolute Gasteiger partial charge is 0.246 e. The average Bonchev–Trinajstić information content (AvgIpc) is 2.94. The molecule has 2 amide bonds. The highest BCUT2D eigenvalue weighted by atomic mass is 35.5. The molecule has 0 atom stereocenters. The number of rotatable bonds is 4. The third kappa shape index (κ3) is 5.25. The number of nitrogens with zero attached hydrogens (tertiary/aromatic N) is 3. The summed E-state index contributed by atoms with van der Waals surface area (Å²) in [7, 11) is 3.64. The molecule has 0 bridgehead atoms. The lowest BCUT2D eigenvalue weighted by atomic mass is 10.1. The first-order chi connectivity index (χ1) is 14.4. The molecular formula is C22H22Cl2N4O2S. The highest BCUT2D eigenvalue weighted by Crippen LogP contribution is 2.35. The summed E-state index contributed by atoms with van der Waals surface area (Å²) in [5.41, 5.74) is 1.73. The number of pyridine rings is 1. The van der Waals surface area contributed by atoms with Crippen LogP contribution in [0.4, 0.5) is 5.82 Å². The lowest BCUT2D eigenvalue weighted by Crippen LogP contribution is -2.26. The number of amides is 2. The van der Waals surface area contributed by atoms with Gasteiger partial charge >= 0.3 is 0 Å². The lowest BCUT2D eigenvalue weighted by molar-refractivity contribution is -0.125. The molecule has 1 aromatic carbocycles. The molecule has 0 spiro atoms. The predicted molar refractivity (Wildman–Crippen MR) is 129 cm³/mol. The zero-order chi connectivity index (χ0) is 21.3. The minimum absolute atomic E-state index is 0. The number of aromatic nitrogens is 1. The Kier molecular flexibility index (Phi) is 7.33. The van der Waals surface area contributed by atoms with Crippen LogP contribution in [0.2, 0.25) is 5.02 Å². The van der Waals surface area contributed by atoms with E-state index >= 15 is 0 Å². The SMILES string of the molecule is CN1CC(=O)Nc2ncc(/C=C/C(=O)N(C)Cc3sc4ccccc4c3Cl)cc2C1.Cl. The molecule has 0 saturated heterocycles. The zero-order valence-corrected chi connectivity index (χ0v) is 19.5. The van der Waals surface area contributed by atoms with Crippen LogP contribution >= 0.6 is 35.3 Å². The number of hydrogen-bond donors (Lipinski definition) is 1. The molecule has 6 nitrogen and oxygen atoms in total. The van der Waals surface area contributed by atoms with E-state index in [1.54, 1.807) is 35.6 Å². The van der Waals surface area contributed by atoms with Gasteiger partial charge in [0.05, 0.1) is 18.1 Å². The molecule has 1 N–H and O–H groups in total. The fourth-order valence-corrected chi connectivity index (χ4v) is 4.92. The number of fused-ring (bicyclic) bond motifs is 2. The van der Waals surface area contributed by atoms with Gasteiger partial charge in [-0.05, 0) is 30.8 Å². The third-order valence-corrected chi connectivity index (χ3v) is 6.58. The molecule has 0 unspecified atom stereocenters. The van der Waals surface area contributed by atoms with Gasteiger partial charge < -0.3 is 10.2 Å². The summed E-state index contributed by atoms with van der Waals surface area (Å²) in [6.07, 6.45) is 4.92. The van der Waals surface area contributed by atoms with Gasteiger partial charge in [-0.25, -0.2) is 4.98 Å². The Balaban J connectivity index is 0.00000272. The summed E-state index contributed by atoms with van der Waals surface area (Å²) in [5.74, 6) is 0.372. The Hall–Kier alpha value is -2.45. The largest absolute Gasteiger partial charge is 0.337 e. The molecule has 0 radical (unpaired) electrons. The number of likely N-dealkylation sites (N-methyl/N-ethyl adjacent to an activating group) is 2. The second-order valence-electron chi connectivity index (χ2n) is 7.36. The molecule has 4 rings (SSSR count). The Morgan fingerprint density at radius 3 is 2.90 bits per heavy atom. The summed E-state index contributed by atoms with van der Waals surface area (Å²) in [6, 6.07) is 9.90. The van der Waals surface area contributed by atoms with E-state index in [0.29, 0.717) is 30.5 Å². The van der Waals surface area contributed by atoms with Crippen molar-refractivity contribution in [1.29, 1.82) is 0 Å². The van der Waals surface area contributed by atoms with Crippen molar-refractivity contribution in [2.75, 3.05) is 26.0 Å². The quantitative estimate of drug-likeness (QED) is 0.565. The Labute approximate surface area is 195 Å². The van der Waals surface area contributed by atoms with Crippen molar-refractivity contribution in [2.24, 2.45) is 0 Å². The standard InChI is InChI=1S/C22H21ClN4O2S.ClH/c1-26-11-15-9-14(10-24-22(15)25-19(28)13-26)7-8-20(29)27(2)12-18-21(23)16-5-3-4-6-17(16)30-18;/h3-10H,11-13H2,1-2H3,(H,24,25,28);1H/b8-7+;. The van der Waals surface area contributed by atoms with E-state index in [-0.39, 0.29) is 24.2 Å².